The second kappa shape index (κ2) is 5.30. The maximum absolute atomic E-state index is 13.5. The number of rotatable bonds is 3. The number of halogens is 1. The Labute approximate surface area is 127 Å². The fraction of sp³-hybridized carbons (Fsp3) is 0.167. The number of carboxylic acids is 1. The summed E-state index contributed by atoms with van der Waals surface area (Å²) in [5.74, 6) is -1.25. The van der Waals surface area contributed by atoms with E-state index in [0.29, 0.717) is 16.8 Å². The second-order valence-corrected chi connectivity index (χ2v) is 5.56. The van der Waals surface area contributed by atoms with Crippen molar-refractivity contribution < 1.29 is 14.3 Å². The van der Waals surface area contributed by atoms with Crippen molar-refractivity contribution in [3.05, 3.63) is 58.9 Å². The molecule has 3 aromatic rings. The zero-order chi connectivity index (χ0) is 15.9. The predicted molar refractivity (Wildman–Crippen MR) is 84.5 cm³/mol. The zero-order valence-corrected chi connectivity index (χ0v) is 12.4. The molecule has 0 bridgehead atoms. The lowest BCUT2D eigenvalue weighted by Gasteiger charge is -2.03. The Kier molecular flexibility index (Phi) is 3.45. The molecule has 22 heavy (non-hydrogen) atoms. The van der Waals surface area contributed by atoms with Gasteiger partial charge in [0.15, 0.2) is 0 Å². The molecule has 0 aliphatic heterocycles. The van der Waals surface area contributed by atoms with Crippen molar-refractivity contribution in [2.75, 3.05) is 0 Å². The number of fused-ring (bicyclic) bond motifs is 1. The maximum atomic E-state index is 13.5. The van der Waals surface area contributed by atoms with Crippen LogP contribution in [0.15, 0.2) is 36.4 Å². The Morgan fingerprint density at radius 1 is 1.23 bits per heavy atom. The minimum atomic E-state index is -0.905. The second-order valence-electron chi connectivity index (χ2n) is 5.56. The van der Waals surface area contributed by atoms with Gasteiger partial charge >= 0.3 is 5.97 Å². The van der Waals surface area contributed by atoms with E-state index in [1.807, 2.05) is 26.0 Å². The molecule has 0 saturated heterocycles. The van der Waals surface area contributed by atoms with E-state index in [2.05, 4.69) is 4.98 Å². The first kappa shape index (κ1) is 14.3. The molecule has 112 valence electrons. The minimum absolute atomic E-state index is 0.102. The predicted octanol–water partition coefficient (Wildman–Crippen LogP) is 4.22. The highest BCUT2D eigenvalue weighted by atomic mass is 19.1. The van der Waals surface area contributed by atoms with Gasteiger partial charge in [0, 0.05) is 16.5 Å². The van der Waals surface area contributed by atoms with Crippen molar-refractivity contribution in [1.82, 2.24) is 4.98 Å². The molecule has 1 heterocycles. The number of aliphatic carboxylic acids is 1. The Balaban J connectivity index is 2.33. The lowest BCUT2D eigenvalue weighted by atomic mass is 10.0. The first-order valence-electron chi connectivity index (χ1n) is 7.05. The summed E-state index contributed by atoms with van der Waals surface area (Å²) in [5, 5.41) is 10.1. The summed E-state index contributed by atoms with van der Waals surface area (Å²) in [6.07, 6.45) is -0.102. The molecule has 3 nitrogen and oxygen atoms in total. The molecule has 0 unspecified atom stereocenters. The first-order valence-corrected chi connectivity index (χ1v) is 7.05. The quantitative estimate of drug-likeness (QED) is 0.760. The van der Waals surface area contributed by atoms with Crippen molar-refractivity contribution in [2.45, 2.75) is 20.3 Å². The lowest BCUT2D eigenvalue weighted by molar-refractivity contribution is -0.136. The van der Waals surface area contributed by atoms with E-state index in [-0.39, 0.29) is 12.2 Å². The van der Waals surface area contributed by atoms with Crippen LogP contribution in [0.4, 0.5) is 4.39 Å². The van der Waals surface area contributed by atoms with Gasteiger partial charge in [-0.1, -0.05) is 23.8 Å². The molecule has 0 aliphatic rings. The Bertz CT molecular complexity index is 880. The van der Waals surface area contributed by atoms with Gasteiger partial charge in [0.1, 0.15) is 5.82 Å². The SMILES string of the molecule is Cc1cc(C)c2[nH]c(-c3cccc(F)c3)c(CC(=O)O)c2c1. The molecule has 2 N–H and O–H groups in total. The van der Waals surface area contributed by atoms with Gasteiger partial charge in [-0.15, -0.1) is 0 Å². The number of hydrogen-bond donors (Lipinski definition) is 2. The van der Waals surface area contributed by atoms with Crippen molar-refractivity contribution in [1.29, 1.82) is 0 Å². The van der Waals surface area contributed by atoms with Crippen LogP contribution in [0.3, 0.4) is 0 Å². The van der Waals surface area contributed by atoms with Crippen molar-refractivity contribution in [3.63, 3.8) is 0 Å². The maximum Gasteiger partial charge on any atom is 0.307 e. The Morgan fingerprint density at radius 3 is 2.68 bits per heavy atom. The van der Waals surface area contributed by atoms with Gasteiger partial charge in [0.25, 0.3) is 0 Å². The molecule has 0 amide bonds. The summed E-state index contributed by atoms with van der Waals surface area (Å²) < 4.78 is 13.5. The van der Waals surface area contributed by atoms with Gasteiger partial charge in [0.2, 0.25) is 0 Å². The molecule has 1 aromatic heterocycles. The van der Waals surface area contributed by atoms with E-state index in [1.165, 1.54) is 12.1 Å². The third-order valence-corrected chi connectivity index (χ3v) is 3.80. The topological polar surface area (TPSA) is 53.1 Å². The summed E-state index contributed by atoms with van der Waals surface area (Å²) in [6.45, 7) is 3.96. The van der Waals surface area contributed by atoms with Crippen LogP contribution in [0.5, 0.6) is 0 Å². The average molecular weight is 297 g/mol. The molecule has 0 aliphatic carbocycles. The van der Waals surface area contributed by atoms with Crippen LogP contribution < -0.4 is 0 Å². The summed E-state index contributed by atoms with van der Waals surface area (Å²) in [6, 6.07) is 10.2. The monoisotopic (exact) mass is 297 g/mol. The van der Waals surface area contributed by atoms with Crippen molar-refractivity contribution >= 4 is 16.9 Å². The summed E-state index contributed by atoms with van der Waals surface area (Å²) in [7, 11) is 0. The number of aromatic nitrogens is 1. The fourth-order valence-electron chi connectivity index (χ4n) is 2.93. The molecule has 0 radical (unpaired) electrons. The molecule has 4 heteroatoms. The van der Waals surface area contributed by atoms with Crippen molar-refractivity contribution in [3.8, 4) is 11.3 Å². The smallest absolute Gasteiger partial charge is 0.307 e. The molecule has 0 spiro atoms. The first-order chi connectivity index (χ1) is 10.5. The largest absolute Gasteiger partial charge is 0.481 e. The summed E-state index contributed by atoms with van der Waals surface area (Å²) in [5.41, 5.74) is 5.04. The zero-order valence-electron chi connectivity index (χ0n) is 12.4. The Morgan fingerprint density at radius 2 is 2.00 bits per heavy atom. The van der Waals surface area contributed by atoms with Crippen LogP contribution in [0, 0.1) is 19.7 Å². The third-order valence-electron chi connectivity index (χ3n) is 3.80. The number of H-pyrrole nitrogens is 1. The van der Waals surface area contributed by atoms with E-state index >= 15 is 0 Å². The minimum Gasteiger partial charge on any atom is -0.481 e. The number of hydrogen-bond acceptors (Lipinski definition) is 1. The third kappa shape index (κ3) is 2.48. The standard InChI is InChI=1S/C18H16FNO2/c1-10-6-11(2)17-14(7-10)15(9-16(21)22)18(20-17)12-4-3-5-13(19)8-12/h3-8,20H,9H2,1-2H3,(H,21,22). The van der Waals surface area contributed by atoms with Gasteiger partial charge in [0.05, 0.1) is 12.1 Å². The molecule has 0 atom stereocenters. The molecule has 2 aromatic carbocycles. The van der Waals surface area contributed by atoms with Crippen LogP contribution in [-0.2, 0) is 11.2 Å². The number of benzene rings is 2. The number of carboxylic acid groups (broad SMARTS) is 1. The van der Waals surface area contributed by atoms with Gasteiger partial charge in [-0.3, -0.25) is 4.79 Å². The normalized spacial score (nSPS) is 11.0. The summed E-state index contributed by atoms with van der Waals surface area (Å²) in [4.78, 5) is 14.5. The fourth-order valence-corrected chi connectivity index (χ4v) is 2.93. The van der Waals surface area contributed by atoms with Crippen LogP contribution in [0.1, 0.15) is 16.7 Å². The molecule has 0 fully saturated rings. The molecule has 0 saturated carbocycles. The lowest BCUT2D eigenvalue weighted by Crippen LogP contribution is -2.01. The average Bonchev–Trinajstić information content (AvgIpc) is 2.77. The van der Waals surface area contributed by atoms with E-state index < -0.39 is 5.97 Å². The highest BCUT2D eigenvalue weighted by Crippen LogP contribution is 2.33. The van der Waals surface area contributed by atoms with Crippen molar-refractivity contribution in [2.24, 2.45) is 0 Å². The van der Waals surface area contributed by atoms with Gasteiger partial charge in [-0.25, -0.2) is 4.39 Å². The van der Waals surface area contributed by atoms with Gasteiger partial charge in [-0.05, 0) is 43.2 Å². The summed E-state index contributed by atoms with van der Waals surface area (Å²) >= 11 is 0. The van der Waals surface area contributed by atoms with E-state index in [4.69, 9.17) is 0 Å². The highest BCUT2D eigenvalue weighted by molar-refractivity contribution is 5.95. The number of aryl methyl sites for hydroxylation is 2. The van der Waals surface area contributed by atoms with Gasteiger partial charge in [-0.2, -0.15) is 0 Å². The van der Waals surface area contributed by atoms with Crippen LogP contribution in [0.2, 0.25) is 0 Å². The van der Waals surface area contributed by atoms with E-state index in [9.17, 15) is 14.3 Å². The molecule has 3 rings (SSSR count). The number of aromatic amines is 1. The Hall–Kier alpha value is -2.62. The van der Waals surface area contributed by atoms with Crippen LogP contribution >= 0.6 is 0 Å². The number of nitrogens with one attached hydrogen (secondary N) is 1. The highest BCUT2D eigenvalue weighted by Gasteiger charge is 2.17. The molecular formula is C18H16FNO2. The van der Waals surface area contributed by atoms with Gasteiger partial charge < -0.3 is 10.1 Å². The van der Waals surface area contributed by atoms with Crippen LogP contribution in [-0.4, -0.2) is 16.1 Å². The van der Waals surface area contributed by atoms with E-state index in [0.717, 1.165) is 22.0 Å². The van der Waals surface area contributed by atoms with Crippen LogP contribution in [0.25, 0.3) is 22.2 Å². The van der Waals surface area contributed by atoms with E-state index in [1.54, 1.807) is 12.1 Å². The number of carbonyl (C=O) groups is 1. The molecular weight excluding hydrogens is 281 g/mol.